The molecule has 0 fully saturated rings. The van der Waals surface area contributed by atoms with Crippen LogP contribution in [0.1, 0.15) is 25.2 Å². The van der Waals surface area contributed by atoms with E-state index in [0.717, 1.165) is 11.4 Å². The van der Waals surface area contributed by atoms with Crippen LogP contribution in [0.25, 0.3) is 0 Å². The number of ether oxygens (including phenoxy) is 3. The van der Waals surface area contributed by atoms with E-state index in [9.17, 15) is 0 Å². The molecule has 3 aromatic carbocycles. The highest BCUT2D eigenvalue weighted by Gasteiger charge is 2.39. The lowest BCUT2D eigenvalue weighted by Gasteiger charge is -2.31. The van der Waals surface area contributed by atoms with Gasteiger partial charge in [0.05, 0.1) is 27.9 Å². The normalized spacial score (nSPS) is 13.6. The lowest BCUT2D eigenvalue weighted by Crippen LogP contribution is -2.22. The first-order chi connectivity index (χ1) is 17.2. The Balaban J connectivity index is 2.24. The van der Waals surface area contributed by atoms with E-state index in [1.54, 1.807) is 21.3 Å². The van der Waals surface area contributed by atoms with E-state index >= 15 is 4.57 Å². The van der Waals surface area contributed by atoms with Gasteiger partial charge in [0.1, 0.15) is 5.78 Å². The van der Waals surface area contributed by atoms with Gasteiger partial charge >= 0.3 is 0 Å². The van der Waals surface area contributed by atoms with Gasteiger partial charge in [-0.1, -0.05) is 32.0 Å². The van der Waals surface area contributed by atoms with Crippen molar-refractivity contribution in [1.29, 1.82) is 0 Å². The molecule has 2 unspecified atom stereocenters. The van der Waals surface area contributed by atoms with Crippen molar-refractivity contribution in [2.75, 3.05) is 52.2 Å². The third kappa shape index (κ3) is 6.15. The molecule has 0 bridgehead atoms. The summed E-state index contributed by atoms with van der Waals surface area (Å²) in [7, 11) is 5.09. The molecule has 0 aliphatic carbocycles. The molecular weight excluding hydrogens is 475 g/mol. The zero-order valence-corrected chi connectivity index (χ0v) is 23.0. The van der Waals surface area contributed by atoms with Gasteiger partial charge in [-0.05, 0) is 60.0 Å². The van der Waals surface area contributed by atoms with E-state index in [1.807, 2.05) is 99.6 Å². The maximum absolute atomic E-state index is 15.0. The van der Waals surface area contributed by atoms with E-state index < -0.39 is 13.2 Å². The SMILES string of the molecule is COc1cc(C(Nc2ccccc2)P(=O)(OCC(C)C)c2ccc(N(C)C)cc2)cc(OC)c1OC. The van der Waals surface area contributed by atoms with Crippen LogP contribution in [-0.2, 0) is 9.09 Å². The van der Waals surface area contributed by atoms with Gasteiger partial charge in [0.25, 0.3) is 7.37 Å². The number of para-hydroxylation sites is 1. The van der Waals surface area contributed by atoms with Crippen LogP contribution in [-0.4, -0.2) is 42.0 Å². The van der Waals surface area contributed by atoms with E-state index in [2.05, 4.69) is 5.32 Å². The molecule has 0 saturated heterocycles. The summed E-state index contributed by atoms with van der Waals surface area (Å²) in [5.74, 6) is 0.889. The van der Waals surface area contributed by atoms with Crippen molar-refractivity contribution in [2.45, 2.75) is 19.6 Å². The number of benzene rings is 3. The molecule has 7 nitrogen and oxygen atoms in total. The van der Waals surface area contributed by atoms with Crippen LogP contribution < -0.4 is 29.7 Å². The summed E-state index contributed by atoms with van der Waals surface area (Å²) in [6.45, 7) is 4.42. The summed E-state index contributed by atoms with van der Waals surface area (Å²) in [5.41, 5.74) is 2.51. The number of hydrogen-bond donors (Lipinski definition) is 1. The van der Waals surface area contributed by atoms with Crippen molar-refractivity contribution >= 4 is 24.0 Å². The van der Waals surface area contributed by atoms with Crippen LogP contribution in [0.3, 0.4) is 0 Å². The quantitative estimate of drug-likeness (QED) is 0.291. The molecule has 0 aliphatic rings. The number of anilines is 2. The van der Waals surface area contributed by atoms with Gasteiger partial charge in [-0.2, -0.15) is 0 Å². The van der Waals surface area contributed by atoms with Gasteiger partial charge in [-0.15, -0.1) is 0 Å². The molecule has 8 heteroatoms. The minimum Gasteiger partial charge on any atom is -0.493 e. The van der Waals surface area contributed by atoms with Crippen molar-refractivity contribution in [2.24, 2.45) is 5.92 Å². The van der Waals surface area contributed by atoms with Gasteiger partial charge in [-0.25, -0.2) is 0 Å². The van der Waals surface area contributed by atoms with Gasteiger partial charge in [-0.3, -0.25) is 4.57 Å². The molecular formula is C28H37N2O5P. The van der Waals surface area contributed by atoms with Crippen LogP contribution in [0.4, 0.5) is 11.4 Å². The molecule has 3 rings (SSSR count). The second-order valence-corrected chi connectivity index (χ2v) is 11.6. The predicted octanol–water partition coefficient (Wildman–Crippen LogP) is 6.17. The van der Waals surface area contributed by atoms with E-state index in [-0.39, 0.29) is 5.92 Å². The fourth-order valence-electron chi connectivity index (χ4n) is 3.83. The zero-order chi connectivity index (χ0) is 26.3. The highest BCUT2D eigenvalue weighted by atomic mass is 31.2. The largest absolute Gasteiger partial charge is 0.493 e. The molecule has 0 heterocycles. The number of methoxy groups -OCH3 is 3. The summed E-state index contributed by atoms with van der Waals surface area (Å²) in [4.78, 5) is 2.00. The molecule has 2 atom stereocenters. The highest BCUT2D eigenvalue weighted by Crippen LogP contribution is 2.60. The van der Waals surface area contributed by atoms with E-state index in [0.29, 0.717) is 34.7 Å². The monoisotopic (exact) mass is 512 g/mol. The minimum atomic E-state index is -3.54. The molecule has 194 valence electrons. The van der Waals surface area contributed by atoms with E-state index in [4.69, 9.17) is 18.7 Å². The van der Waals surface area contributed by atoms with Crippen molar-refractivity contribution in [1.82, 2.24) is 0 Å². The van der Waals surface area contributed by atoms with Crippen molar-refractivity contribution in [3.05, 3.63) is 72.3 Å². The summed E-state index contributed by atoms with van der Waals surface area (Å²) < 4.78 is 38.1. The summed E-state index contributed by atoms with van der Waals surface area (Å²) >= 11 is 0. The molecule has 1 N–H and O–H groups in total. The number of hydrogen-bond acceptors (Lipinski definition) is 7. The van der Waals surface area contributed by atoms with Gasteiger partial charge in [0.15, 0.2) is 11.5 Å². The maximum Gasteiger partial charge on any atom is 0.258 e. The molecule has 0 radical (unpaired) electrons. The van der Waals surface area contributed by atoms with Crippen LogP contribution >= 0.6 is 7.37 Å². The Hall–Kier alpha value is -3.15. The third-order valence-corrected chi connectivity index (χ3v) is 8.40. The van der Waals surface area contributed by atoms with Crippen LogP contribution in [0, 0.1) is 5.92 Å². The summed E-state index contributed by atoms with van der Waals surface area (Å²) in [6, 6.07) is 21.0. The fourth-order valence-corrected chi connectivity index (χ4v) is 6.37. The highest BCUT2D eigenvalue weighted by molar-refractivity contribution is 7.67. The van der Waals surface area contributed by atoms with Crippen LogP contribution in [0.15, 0.2) is 66.7 Å². The maximum atomic E-state index is 15.0. The average Bonchev–Trinajstić information content (AvgIpc) is 2.90. The molecule has 0 aliphatic heterocycles. The topological polar surface area (TPSA) is 69.3 Å². The molecule has 3 aromatic rings. The average molecular weight is 513 g/mol. The van der Waals surface area contributed by atoms with E-state index in [1.165, 1.54) is 0 Å². The van der Waals surface area contributed by atoms with Crippen LogP contribution in [0.2, 0.25) is 0 Å². The molecule has 0 saturated carbocycles. The lowest BCUT2D eigenvalue weighted by molar-refractivity contribution is 0.272. The Kier molecular flexibility index (Phi) is 9.30. The second kappa shape index (κ2) is 12.2. The van der Waals surface area contributed by atoms with Gasteiger partial charge < -0.3 is 29.0 Å². The first kappa shape index (κ1) is 27.4. The van der Waals surface area contributed by atoms with Crippen molar-refractivity contribution < 1.29 is 23.3 Å². The molecule has 0 aromatic heterocycles. The second-order valence-electron chi connectivity index (χ2n) is 9.07. The molecule has 36 heavy (non-hydrogen) atoms. The standard InChI is InChI=1S/C28H37N2O5P/c1-20(2)19-35-36(31,24-15-13-23(14-16-24)30(3)4)28(29-22-11-9-8-10-12-22)21-17-25(32-5)27(34-7)26(18-21)33-6/h8-18,20,28-29H,19H2,1-7H3. The van der Waals surface area contributed by atoms with Crippen molar-refractivity contribution in [3.63, 3.8) is 0 Å². The number of nitrogens with zero attached hydrogens (tertiary/aromatic N) is 1. The van der Waals surface area contributed by atoms with Crippen molar-refractivity contribution in [3.8, 4) is 17.2 Å². The summed E-state index contributed by atoms with van der Waals surface area (Å²) in [6.07, 6.45) is 0. The van der Waals surface area contributed by atoms with Gasteiger partial charge in [0, 0.05) is 30.8 Å². The fraction of sp³-hybridized carbons (Fsp3) is 0.357. The number of rotatable bonds is 12. The molecule has 0 amide bonds. The Morgan fingerprint density at radius 3 is 1.92 bits per heavy atom. The minimum absolute atomic E-state index is 0.191. The Labute approximate surface area is 214 Å². The molecule has 0 spiro atoms. The van der Waals surface area contributed by atoms with Crippen LogP contribution in [0.5, 0.6) is 17.2 Å². The van der Waals surface area contributed by atoms with Gasteiger partial charge in [0.2, 0.25) is 5.75 Å². The Morgan fingerprint density at radius 1 is 0.861 bits per heavy atom. The third-order valence-electron chi connectivity index (χ3n) is 5.75. The Morgan fingerprint density at radius 2 is 1.44 bits per heavy atom. The summed E-state index contributed by atoms with van der Waals surface area (Å²) in [5, 5.41) is 4.11. The first-order valence-electron chi connectivity index (χ1n) is 11.9. The lowest BCUT2D eigenvalue weighted by atomic mass is 10.1. The Bertz CT molecular complexity index is 1140. The number of nitrogens with one attached hydrogen (secondary N) is 1. The first-order valence-corrected chi connectivity index (χ1v) is 13.6. The predicted molar refractivity (Wildman–Crippen MR) is 148 cm³/mol. The smallest absolute Gasteiger partial charge is 0.258 e. The zero-order valence-electron chi connectivity index (χ0n) is 22.1.